The summed E-state index contributed by atoms with van der Waals surface area (Å²) in [5.74, 6) is 0. The minimum Gasteiger partial charge on any atom is -0.312 e. The van der Waals surface area contributed by atoms with Gasteiger partial charge in [-0.25, -0.2) is 4.98 Å². The van der Waals surface area contributed by atoms with Gasteiger partial charge in [-0.1, -0.05) is 6.42 Å². The number of nitrogens with zero attached hydrogens (tertiary/aromatic N) is 2. The van der Waals surface area contributed by atoms with Gasteiger partial charge in [0.2, 0.25) is 0 Å². The SMILES string of the molecule is Cc1ncn(CC2CCCCN2)c(=O)c1Br. The molecule has 4 nitrogen and oxygen atoms in total. The zero-order valence-electron chi connectivity index (χ0n) is 9.37. The Labute approximate surface area is 103 Å². The average molecular weight is 286 g/mol. The van der Waals surface area contributed by atoms with Gasteiger partial charge in [0.05, 0.1) is 12.0 Å². The lowest BCUT2D eigenvalue weighted by molar-refractivity contribution is 0.358. The summed E-state index contributed by atoms with van der Waals surface area (Å²) in [5.41, 5.74) is 0.762. The van der Waals surface area contributed by atoms with Crippen molar-refractivity contribution in [1.82, 2.24) is 14.9 Å². The molecule has 0 radical (unpaired) electrons. The maximum absolute atomic E-state index is 11.9. The second-order valence-corrected chi connectivity index (χ2v) is 5.04. The van der Waals surface area contributed by atoms with Crippen LogP contribution in [0, 0.1) is 6.92 Å². The lowest BCUT2D eigenvalue weighted by Crippen LogP contribution is -2.40. The van der Waals surface area contributed by atoms with Crippen molar-refractivity contribution in [3.63, 3.8) is 0 Å². The summed E-state index contributed by atoms with van der Waals surface area (Å²) >= 11 is 3.28. The number of rotatable bonds is 2. The van der Waals surface area contributed by atoms with E-state index in [0.717, 1.165) is 18.7 Å². The van der Waals surface area contributed by atoms with Crippen LogP contribution in [0.25, 0.3) is 0 Å². The molecule has 0 bridgehead atoms. The molecule has 0 aliphatic carbocycles. The molecule has 5 heteroatoms. The van der Waals surface area contributed by atoms with E-state index in [-0.39, 0.29) is 5.56 Å². The fraction of sp³-hybridized carbons (Fsp3) is 0.636. The van der Waals surface area contributed by atoms with E-state index < -0.39 is 0 Å². The molecule has 1 N–H and O–H groups in total. The van der Waals surface area contributed by atoms with Gasteiger partial charge >= 0.3 is 0 Å². The van der Waals surface area contributed by atoms with Crippen molar-refractivity contribution < 1.29 is 0 Å². The third-order valence-electron chi connectivity index (χ3n) is 2.99. The molecule has 1 fully saturated rings. The smallest absolute Gasteiger partial charge is 0.267 e. The third kappa shape index (κ3) is 2.52. The summed E-state index contributed by atoms with van der Waals surface area (Å²) in [5, 5.41) is 3.43. The van der Waals surface area contributed by atoms with E-state index in [1.807, 2.05) is 6.92 Å². The first kappa shape index (κ1) is 11.8. The van der Waals surface area contributed by atoms with Crippen LogP contribution in [0.4, 0.5) is 0 Å². The molecule has 0 spiro atoms. The molecule has 1 aromatic rings. The largest absolute Gasteiger partial charge is 0.312 e. The normalized spacial score (nSPS) is 21.0. The van der Waals surface area contributed by atoms with Crippen molar-refractivity contribution in [3.8, 4) is 0 Å². The standard InChI is InChI=1S/C11H16BrN3O/c1-8-10(12)11(16)15(7-14-8)6-9-4-2-3-5-13-9/h7,9,13H,2-6H2,1H3. The molecule has 1 aliphatic rings. The predicted molar refractivity (Wildman–Crippen MR) is 66.6 cm³/mol. The van der Waals surface area contributed by atoms with Gasteiger partial charge < -0.3 is 5.32 Å². The van der Waals surface area contributed by atoms with Crippen LogP contribution in [0.3, 0.4) is 0 Å². The van der Waals surface area contributed by atoms with E-state index in [2.05, 4.69) is 26.2 Å². The number of hydrogen-bond donors (Lipinski definition) is 1. The van der Waals surface area contributed by atoms with Crippen LogP contribution in [0.5, 0.6) is 0 Å². The Morgan fingerprint density at radius 3 is 3.12 bits per heavy atom. The summed E-state index contributed by atoms with van der Waals surface area (Å²) in [6, 6.07) is 0.405. The van der Waals surface area contributed by atoms with E-state index in [4.69, 9.17) is 0 Å². The molecule has 1 aliphatic heterocycles. The number of aryl methyl sites for hydroxylation is 1. The molecule has 0 aromatic carbocycles. The maximum atomic E-state index is 11.9. The number of halogens is 1. The summed E-state index contributed by atoms with van der Waals surface area (Å²) < 4.78 is 2.26. The van der Waals surface area contributed by atoms with Crippen molar-refractivity contribution in [2.75, 3.05) is 6.54 Å². The summed E-state index contributed by atoms with van der Waals surface area (Å²) in [6.45, 7) is 3.60. The lowest BCUT2D eigenvalue weighted by Gasteiger charge is -2.24. The molecule has 1 atom stereocenters. The monoisotopic (exact) mass is 285 g/mol. The van der Waals surface area contributed by atoms with Crippen LogP contribution >= 0.6 is 15.9 Å². The fourth-order valence-corrected chi connectivity index (χ4v) is 2.32. The van der Waals surface area contributed by atoms with Gasteiger partial charge in [0.25, 0.3) is 5.56 Å². The van der Waals surface area contributed by atoms with Gasteiger partial charge in [-0.2, -0.15) is 0 Å². The second kappa shape index (κ2) is 5.10. The van der Waals surface area contributed by atoms with Crippen molar-refractivity contribution in [2.24, 2.45) is 0 Å². The number of nitrogens with one attached hydrogen (secondary N) is 1. The van der Waals surface area contributed by atoms with Crippen molar-refractivity contribution in [3.05, 3.63) is 26.8 Å². The van der Waals surface area contributed by atoms with Crippen molar-refractivity contribution in [1.29, 1.82) is 0 Å². The van der Waals surface area contributed by atoms with Gasteiger partial charge in [-0.05, 0) is 42.2 Å². The van der Waals surface area contributed by atoms with E-state index in [0.29, 0.717) is 17.1 Å². The van der Waals surface area contributed by atoms with Crippen LogP contribution in [0.1, 0.15) is 25.0 Å². The van der Waals surface area contributed by atoms with Gasteiger partial charge in [0, 0.05) is 12.6 Å². The zero-order valence-corrected chi connectivity index (χ0v) is 11.0. The Balaban J connectivity index is 2.15. The third-order valence-corrected chi connectivity index (χ3v) is 3.90. The van der Waals surface area contributed by atoms with Crippen LogP contribution in [-0.4, -0.2) is 22.1 Å². The molecular weight excluding hydrogens is 270 g/mol. The van der Waals surface area contributed by atoms with E-state index in [1.165, 1.54) is 12.8 Å². The molecule has 88 valence electrons. The fourth-order valence-electron chi connectivity index (χ4n) is 1.99. The highest BCUT2D eigenvalue weighted by atomic mass is 79.9. The first-order valence-electron chi connectivity index (χ1n) is 5.63. The highest BCUT2D eigenvalue weighted by Gasteiger charge is 2.14. The minimum absolute atomic E-state index is 0.0138. The molecule has 2 heterocycles. The van der Waals surface area contributed by atoms with Gasteiger partial charge in [0.15, 0.2) is 0 Å². The van der Waals surface area contributed by atoms with Gasteiger partial charge in [-0.3, -0.25) is 9.36 Å². The molecule has 1 aromatic heterocycles. The lowest BCUT2D eigenvalue weighted by atomic mass is 10.1. The quantitative estimate of drug-likeness (QED) is 0.895. The van der Waals surface area contributed by atoms with E-state index in [9.17, 15) is 4.79 Å². The Bertz CT molecular complexity index is 424. The second-order valence-electron chi connectivity index (χ2n) is 4.25. The van der Waals surface area contributed by atoms with Crippen LogP contribution in [-0.2, 0) is 6.54 Å². The number of hydrogen-bond acceptors (Lipinski definition) is 3. The average Bonchev–Trinajstić information content (AvgIpc) is 2.31. The van der Waals surface area contributed by atoms with Crippen molar-refractivity contribution >= 4 is 15.9 Å². The Kier molecular flexibility index (Phi) is 3.76. The summed E-state index contributed by atoms with van der Waals surface area (Å²) in [6.07, 6.45) is 5.25. The molecule has 0 amide bonds. The number of piperidine rings is 1. The van der Waals surface area contributed by atoms with E-state index in [1.54, 1.807) is 10.9 Å². The topological polar surface area (TPSA) is 46.9 Å². The Morgan fingerprint density at radius 1 is 1.62 bits per heavy atom. The van der Waals surface area contributed by atoms with Crippen molar-refractivity contribution in [2.45, 2.75) is 38.8 Å². The zero-order chi connectivity index (χ0) is 11.5. The predicted octanol–water partition coefficient (Wildman–Crippen LogP) is 1.46. The summed E-state index contributed by atoms with van der Waals surface area (Å²) in [7, 11) is 0. The summed E-state index contributed by atoms with van der Waals surface area (Å²) in [4.78, 5) is 16.1. The van der Waals surface area contributed by atoms with E-state index >= 15 is 0 Å². The first-order chi connectivity index (χ1) is 7.68. The molecule has 2 rings (SSSR count). The Hall–Kier alpha value is -0.680. The van der Waals surface area contributed by atoms with Crippen LogP contribution in [0.15, 0.2) is 15.6 Å². The minimum atomic E-state index is 0.0138. The number of aromatic nitrogens is 2. The first-order valence-corrected chi connectivity index (χ1v) is 6.42. The molecule has 0 saturated carbocycles. The molecule has 16 heavy (non-hydrogen) atoms. The highest BCUT2D eigenvalue weighted by molar-refractivity contribution is 9.10. The van der Waals surface area contributed by atoms with Crippen LogP contribution < -0.4 is 10.9 Å². The van der Waals surface area contributed by atoms with Gasteiger partial charge in [0.1, 0.15) is 4.47 Å². The maximum Gasteiger partial charge on any atom is 0.267 e. The molecule has 1 saturated heterocycles. The Morgan fingerprint density at radius 2 is 2.44 bits per heavy atom. The van der Waals surface area contributed by atoms with Gasteiger partial charge in [-0.15, -0.1) is 0 Å². The van der Waals surface area contributed by atoms with Crippen LogP contribution in [0.2, 0.25) is 0 Å². The highest BCUT2D eigenvalue weighted by Crippen LogP contribution is 2.10. The molecule has 1 unspecified atom stereocenters. The molecular formula is C11H16BrN3O.